The molecule has 0 radical (unpaired) electrons. The summed E-state index contributed by atoms with van der Waals surface area (Å²) >= 11 is 0. The molecule has 2 aromatic rings. The minimum Gasteiger partial charge on any atom is -0.340 e. The Morgan fingerprint density at radius 2 is 1.48 bits per heavy atom. The standard InChI is InChI=1S/C23H28FN3O3S/c24-21-6-8-22(9-7-21)31(29,30)27-12-10-20(11-13-27)23(28)26-16-14-25(15-17-26)18-19-4-2-1-3-5-19/h1-9,20H,10-18H2. The molecule has 0 unspecified atom stereocenters. The molecular weight excluding hydrogens is 417 g/mol. The van der Waals surface area contributed by atoms with Crippen molar-refractivity contribution < 1.29 is 17.6 Å². The summed E-state index contributed by atoms with van der Waals surface area (Å²) in [6.07, 6.45) is 1.03. The fraction of sp³-hybridized carbons (Fsp3) is 0.435. The zero-order valence-corrected chi connectivity index (χ0v) is 18.3. The molecule has 0 N–H and O–H groups in total. The van der Waals surface area contributed by atoms with Crippen LogP contribution in [0.2, 0.25) is 0 Å². The Bertz CT molecular complexity index is 982. The van der Waals surface area contributed by atoms with Crippen LogP contribution in [-0.4, -0.2) is 67.7 Å². The minimum absolute atomic E-state index is 0.0909. The van der Waals surface area contributed by atoms with Gasteiger partial charge in [0.2, 0.25) is 15.9 Å². The van der Waals surface area contributed by atoms with Gasteiger partial charge in [0, 0.05) is 51.7 Å². The van der Waals surface area contributed by atoms with Crippen LogP contribution < -0.4 is 0 Å². The van der Waals surface area contributed by atoms with Crippen molar-refractivity contribution in [3.63, 3.8) is 0 Å². The SMILES string of the molecule is O=C(C1CCN(S(=O)(=O)c2ccc(F)cc2)CC1)N1CCN(Cc2ccccc2)CC1. The van der Waals surface area contributed by atoms with Crippen LogP contribution >= 0.6 is 0 Å². The Labute approximate surface area is 183 Å². The van der Waals surface area contributed by atoms with Crippen LogP contribution in [0.1, 0.15) is 18.4 Å². The van der Waals surface area contributed by atoms with Gasteiger partial charge in [0.25, 0.3) is 0 Å². The van der Waals surface area contributed by atoms with Gasteiger partial charge in [0.15, 0.2) is 0 Å². The summed E-state index contributed by atoms with van der Waals surface area (Å²) in [5.74, 6) is -0.467. The molecule has 1 amide bonds. The smallest absolute Gasteiger partial charge is 0.243 e. The molecule has 2 aliphatic heterocycles. The van der Waals surface area contributed by atoms with Gasteiger partial charge in [-0.3, -0.25) is 9.69 Å². The van der Waals surface area contributed by atoms with E-state index in [2.05, 4.69) is 17.0 Å². The molecule has 2 heterocycles. The fourth-order valence-corrected chi connectivity index (χ4v) is 5.79. The van der Waals surface area contributed by atoms with Crippen molar-refractivity contribution in [2.45, 2.75) is 24.3 Å². The summed E-state index contributed by atoms with van der Waals surface area (Å²) in [6, 6.07) is 15.2. The summed E-state index contributed by atoms with van der Waals surface area (Å²) < 4.78 is 40.0. The van der Waals surface area contributed by atoms with Crippen molar-refractivity contribution in [1.29, 1.82) is 0 Å². The van der Waals surface area contributed by atoms with Crippen LogP contribution in [0, 0.1) is 11.7 Å². The maximum atomic E-state index is 13.1. The molecule has 8 heteroatoms. The normalized spacial score (nSPS) is 19.5. The molecule has 2 aromatic carbocycles. The van der Waals surface area contributed by atoms with Crippen molar-refractivity contribution in [3.05, 3.63) is 66.0 Å². The van der Waals surface area contributed by atoms with E-state index >= 15 is 0 Å². The molecule has 166 valence electrons. The third kappa shape index (κ3) is 5.14. The molecule has 2 fully saturated rings. The highest BCUT2D eigenvalue weighted by Crippen LogP contribution is 2.26. The van der Waals surface area contributed by atoms with Crippen LogP contribution in [0.3, 0.4) is 0 Å². The number of sulfonamides is 1. The molecule has 4 rings (SSSR count). The number of piperidine rings is 1. The van der Waals surface area contributed by atoms with Gasteiger partial charge in [-0.25, -0.2) is 12.8 Å². The number of piperazine rings is 1. The van der Waals surface area contributed by atoms with Gasteiger partial charge in [0.05, 0.1) is 4.90 Å². The van der Waals surface area contributed by atoms with Crippen molar-refractivity contribution in [2.24, 2.45) is 5.92 Å². The third-order valence-corrected chi connectivity index (χ3v) is 8.10. The molecular formula is C23H28FN3O3S. The second-order valence-electron chi connectivity index (χ2n) is 8.22. The van der Waals surface area contributed by atoms with Gasteiger partial charge >= 0.3 is 0 Å². The van der Waals surface area contributed by atoms with Gasteiger partial charge in [-0.1, -0.05) is 30.3 Å². The van der Waals surface area contributed by atoms with Gasteiger partial charge in [0.1, 0.15) is 5.82 Å². The number of rotatable bonds is 5. The summed E-state index contributed by atoms with van der Waals surface area (Å²) in [5, 5.41) is 0. The van der Waals surface area contributed by atoms with Crippen molar-refractivity contribution in [2.75, 3.05) is 39.3 Å². The Hall–Kier alpha value is -2.29. The zero-order chi connectivity index (χ0) is 21.8. The van der Waals surface area contributed by atoms with E-state index in [1.54, 1.807) is 0 Å². The lowest BCUT2D eigenvalue weighted by Crippen LogP contribution is -2.51. The molecule has 0 aromatic heterocycles. The van der Waals surface area contributed by atoms with E-state index in [9.17, 15) is 17.6 Å². The molecule has 31 heavy (non-hydrogen) atoms. The number of hydrogen-bond donors (Lipinski definition) is 0. The maximum absolute atomic E-state index is 13.1. The van der Waals surface area contributed by atoms with E-state index < -0.39 is 15.8 Å². The van der Waals surface area contributed by atoms with Gasteiger partial charge < -0.3 is 4.90 Å². The number of benzene rings is 2. The fourth-order valence-electron chi connectivity index (χ4n) is 4.32. The minimum atomic E-state index is -3.65. The van der Waals surface area contributed by atoms with Crippen molar-refractivity contribution in [1.82, 2.24) is 14.1 Å². The van der Waals surface area contributed by atoms with Crippen LogP contribution in [0.5, 0.6) is 0 Å². The van der Waals surface area contributed by atoms with Crippen molar-refractivity contribution >= 4 is 15.9 Å². The number of halogens is 1. The molecule has 2 aliphatic rings. The zero-order valence-electron chi connectivity index (χ0n) is 17.5. The predicted octanol–water partition coefficient (Wildman–Crippen LogP) is 2.57. The van der Waals surface area contributed by atoms with Gasteiger partial charge in [-0.05, 0) is 42.7 Å². The van der Waals surface area contributed by atoms with Crippen molar-refractivity contribution in [3.8, 4) is 0 Å². The molecule has 0 bridgehead atoms. The summed E-state index contributed by atoms with van der Waals surface area (Å²) in [5.41, 5.74) is 1.28. The summed E-state index contributed by atoms with van der Waals surface area (Å²) in [6.45, 7) is 4.62. The first-order chi connectivity index (χ1) is 14.9. The van der Waals surface area contributed by atoms with Gasteiger partial charge in [-0.15, -0.1) is 0 Å². The second kappa shape index (κ2) is 9.46. The van der Waals surface area contributed by atoms with E-state index in [0.717, 1.165) is 31.8 Å². The van der Waals surface area contributed by atoms with Crippen LogP contribution in [0.15, 0.2) is 59.5 Å². The molecule has 6 nitrogen and oxygen atoms in total. The quantitative estimate of drug-likeness (QED) is 0.710. The lowest BCUT2D eigenvalue weighted by atomic mass is 9.96. The number of hydrogen-bond acceptors (Lipinski definition) is 4. The molecule has 0 saturated carbocycles. The summed E-state index contributed by atoms with van der Waals surface area (Å²) in [7, 11) is -3.65. The highest BCUT2D eigenvalue weighted by atomic mass is 32.2. The monoisotopic (exact) mass is 445 g/mol. The first-order valence-corrected chi connectivity index (χ1v) is 12.2. The number of nitrogens with zero attached hydrogens (tertiary/aromatic N) is 3. The first-order valence-electron chi connectivity index (χ1n) is 10.7. The first kappa shape index (κ1) is 21.9. The van der Waals surface area contributed by atoms with Crippen LogP contribution in [0.4, 0.5) is 4.39 Å². The van der Waals surface area contributed by atoms with E-state index in [-0.39, 0.29) is 16.7 Å². The Morgan fingerprint density at radius 3 is 2.10 bits per heavy atom. The van der Waals surface area contributed by atoms with E-state index in [0.29, 0.717) is 39.0 Å². The van der Waals surface area contributed by atoms with E-state index in [1.807, 2.05) is 23.1 Å². The topological polar surface area (TPSA) is 60.9 Å². The molecule has 0 atom stereocenters. The molecule has 2 saturated heterocycles. The lowest BCUT2D eigenvalue weighted by Gasteiger charge is -2.38. The van der Waals surface area contributed by atoms with E-state index in [4.69, 9.17) is 0 Å². The average molecular weight is 446 g/mol. The lowest BCUT2D eigenvalue weighted by molar-refractivity contribution is -0.138. The predicted molar refractivity (Wildman–Crippen MR) is 116 cm³/mol. The number of amides is 1. The largest absolute Gasteiger partial charge is 0.340 e. The van der Waals surface area contributed by atoms with E-state index in [1.165, 1.54) is 22.0 Å². The number of carbonyl (C=O) groups is 1. The maximum Gasteiger partial charge on any atom is 0.243 e. The highest BCUT2D eigenvalue weighted by molar-refractivity contribution is 7.89. The Morgan fingerprint density at radius 1 is 0.871 bits per heavy atom. The Balaban J connectivity index is 1.27. The molecule has 0 aliphatic carbocycles. The second-order valence-corrected chi connectivity index (χ2v) is 10.2. The van der Waals surface area contributed by atoms with Crippen LogP contribution in [0.25, 0.3) is 0 Å². The number of carbonyl (C=O) groups excluding carboxylic acids is 1. The third-order valence-electron chi connectivity index (χ3n) is 6.19. The molecule has 0 spiro atoms. The Kier molecular flexibility index (Phi) is 6.69. The van der Waals surface area contributed by atoms with Crippen LogP contribution in [-0.2, 0) is 21.4 Å². The average Bonchev–Trinajstić information content (AvgIpc) is 2.80. The summed E-state index contributed by atoms with van der Waals surface area (Å²) in [4.78, 5) is 17.4. The van der Waals surface area contributed by atoms with Gasteiger partial charge in [-0.2, -0.15) is 4.31 Å². The highest BCUT2D eigenvalue weighted by Gasteiger charge is 2.34.